The Labute approximate surface area is 117 Å². The normalized spacial score (nSPS) is 10.4. The van der Waals surface area contributed by atoms with Crippen LogP contribution in [0.25, 0.3) is 0 Å². The first kappa shape index (κ1) is 13.7. The SMILES string of the molecule is Cc1n[nH]c(C)c1NC(=O)CCSc1ccccc1. The monoisotopic (exact) mass is 275 g/mol. The van der Waals surface area contributed by atoms with Gasteiger partial charge in [0.05, 0.1) is 17.1 Å². The van der Waals surface area contributed by atoms with Crippen LogP contribution < -0.4 is 5.32 Å². The number of thioether (sulfide) groups is 1. The van der Waals surface area contributed by atoms with Gasteiger partial charge >= 0.3 is 0 Å². The van der Waals surface area contributed by atoms with Crippen molar-refractivity contribution in [2.45, 2.75) is 25.2 Å². The van der Waals surface area contributed by atoms with Crippen molar-refractivity contribution in [3.05, 3.63) is 41.7 Å². The number of aromatic nitrogens is 2. The van der Waals surface area contributed by atoms with E-state index in [4.69, 9.17) is 0 Å². The second kappa shape index (κ2) is 6.43. The summed E-state index contributed by atoms with van der Waals surface area (Å²) >= 11 is 1.69. The van der Waals surface area contributed by atoms with Gasteiger partial charge in [-0.25, -0.2) is 0 Å². The van der Waals surface area contributed by atoms with E-state index in [2.05, 4.69) is 15.5 Å². The van der Waals surface area contributed by atoms with E-state index in [0.717, 1.165) is 22.8 Å². The van der Waals surface area contributed by atoms with Crippen LogP contribution in [-0.4, -0.2) is 21.9 Å². The highest BCUT2D eigenvalue weighted by molar-refractivity contribution is 7.99. The molecule has 0 radical (unpaired) electrons. The van der Waals surface area contributed by atoms with E-state index in [0.29, 0.717) is 6.42 Å². The summed E-state index contributed by atoms with van der Waals surface area (Å²) in [5, 5.41) is 9.81. The van der Waals surface area contributed by atoms with E-state index in [1.807, 2.05) is 44.2 Å². The lowest BCUT2D eigenvalue weighted by Gasteiger charge is -2.05. The van der Waals surface area contributed by atoms with E-state index in [1.165, 1.54) is 4.90 Å². The summed E-state index contributed by atoms with van der Waals surface area (Å²) in [5.41, 5.74) is 2.51. The molecule has 0 saturated carbocycles. The van der Waals surface area contributed by atoms with E-state index in [-0.39, 0.29) is 5.91 Å². The molecule has 2 rings (SSSR count). The molecule has 4 nitrogen and oxygen atoms in total. The Morgan fingerprint density at radius 2 is 2.05 bits per heavy atom. The number of aromatic amines is 1. The zero-order valence-electron chi connectivity index (χ0n) is 11.1. The second-order valence-corrected chi connectivity index (χ2v) is 5.44. The number of H-pyrrole nitrogens is 1. The van der Waals surface area contributed by atoms with Crippen molar-refractivity contribution in [2.75, 3.05) is 11.1 Å². The van der Waals surface area contributed by atoms with Crippen molar-refractivity contribution >= 4 is 23.4 Å². The number of aryl methyl sites for hydroxylation is 2. The van der Waals surface area contributed by atoms with Crippen LogP contribution in [0.1, 0.15) is 17.8 Å². The molecule has 1 aromatic carbocycles. The molecule has 0 unspecified atom stereocenters. The number of hydrogen-bond donors (Lipinski definition) is 2. The van der Waals surface area contributed by atoms with Gasteiger partial charge in [0.1, 0.15) is 0 Å². The highest BCUT2D eigenvalue weighted by Gasteiger charge is 2.09. The van der Waals surface area contributed by atoms with Gasteiger partial charge in [-0.2, -0.15) is 5.10 Å². The topological polar surface area (TPSA) is 57.8 Å². The molecule has 0 aliphatic carbocycles. The maximum atomic E-state index is 11.8. The van der Waals surface area contributed by atoms with Crippen molar-refractivity contribution in [2.24, 2.45) is 0 Å². The van der Waals surface area contributed by atoms with Crippen molar-refractivity contribution in [3.8, 4) is 0 Å². The molecule has 19 heavy (non-hydrogen) atoms. The number of rotatable bonds is 5. The molecule has 1 aromatic heterocycles. The summed E-state index contributed by atoms with van der Waals surface area (Å²) in [6.07, 6.45) is 0.490. The third-order valence-corrected chi connectivity index (χ3v) is 3.75. The second-order valence-electron chi connectivity index (χ2n) is 4.27. The number of hydrogen-bond acceptors (Lipinski definition) is 3. The summed E-state index contributed by atoms with van der Waals surface area (Å²) in [6, 6.07) is 10.1. The predicted octanol–water partition coefficient (Wildman–Crippen LogP) is 3.15. The van der Waals surface area contributed by atoms with Gasteiger partial charge in [0.15, 0.2) is 0 Å². The molecule has 2 aromatic rings. The van der Waals surface area contributed by atoms with Crippen LogP contribution in [0.2, 0.25) is 0 Å². The van der Waals surface area contributed by atoms with Crippen molar-refractivity contribution in [1.29, 1.82) is 0 Å². The Morgan fingerprint density at radius 1 is 1.32 bits per heavy atom. The van der Waals surface area contributed by atoms with Crippen LogP contribution in [0.15, 0.2) is 35.2 Å². The fourth-order valence-electron chi connectivity index (χ4n) is 1.72. The van der Waals surface area contributed by atoms with E-state index in [9.17, 15) is 4.79 Å². The molecule has 5 heteroatoms. The standard InChI is InChI=1S/C14H17N3OS/c1-10-14(11(2)17-16-10)15-13(18)8-9-19-12-6-4-3-5-7-12/h3-7H,8-9H2,1-2H3,(H,15,18)(H,16,17). The summed E-state index contributed by atoms with van der Waals surface area (Å²) in [6.45, 7) is 3.77. The summed E-state index contributed by atoms with van der Waals surface area (Å²) < 4.78 is 0. The van der Waals surface area contributed by atoms with Gasteiger partial charge in [-0.3, -0.25) is 9.89 Å². The Kier molecular flexibility index (Phi) is 4.63. The largest absolute Gasteiger partial charge is 0.323 e. The number of carbonyl (C=O) groups excluding carboxylic acids is 1. The number of nitrogens with one attached hydrogen (secondary N) is 2. The van der Waals surface area contributed by atoms with Crippen LogP contribution in [0.4, 0.5) is 5.69 Å². The minimum Gasteiger partial charge on any atom is -0.323 e. The number of benzene rings is 1. The minimum absolute atomic E-state index is 0.0241. The Balaban J connectivity index is 1.79. The highest BCUT2D eigenvalue weighted by Crippen LogP contribution is 2.19. The third kappa shape index (κ3) is 3.86. The molecule has 1 heterocycles. The number of carbonyl (C=O) groups is 1. The van der Waals surface area contributed by atoms with Crippen molar-refractivity contribution in [1.82, 2.24) is 10.2 Å². The van der Waals surface area contributed by atoms with Crippen LogP contribution in [0.3, 0.4) is 0 Å². The highest BCUT2D eigenvalue weighted by atomic mass is 32.2. The Hall–Kier alpha value is -1.75. The van der Waals surface area contributed by atoms with Gasteiger partial charge < -0.3 is 5.32 Å². The minimum atomic E-state index is 0.0241. The average molecular weight is 275 g/mol. The molecule has 0 spiro atoms. The van der Waals surface area contributed by atoms with E-state index < -0.39 is 0 Å². The maximum Gasteiger partial charge on any atom is 0.225 e. The van der Waals surface area contributed by atoms with Crippen LogP contribution in [-0.2, 0) is 4.79 Å². The summed E-state index contributed by atoms with van der Waals surface area (Å²) in [4.78, 5) is 13.0. The van der Waals surface area contributed by atoms with E-state index >= 15 is 0 Å². The quantitative estimate of drug-likeness (QED) is 0.824. The number of nitrogens with zero attached hydrogens (tertiary/aromatic N) is 1. The molecule has 1 amide bonds. The lowest BCUT2D eigenvalue weighted by atomic mass is 10.3. The van der Waals surface area contributed by atoms with Gasteiger partial charge in [0.2, 0.25) is 5.91 Å². The maximum absolute atomic E-state index is 11.8. The smallest absolute Gasteiger partial charge is 0.225 e. The number of anilines is 1. The molecule has 0 atom stereocenters. The molecule has 2 N–H and O–H groups in total. The van der Waals surface area contributed by atoms with Crippen LogP contribution >= 0.6 is 11.8 Å². The number of amides is 1. The average Bonchev–Trinajstić information content (AvgIpc) is 2.72. The molecule has 0 fully saturated rings. The first-order chi connectivity index (χ1) is 9.16. The van der Waals surface area contributed by atoms with Crippen molar-refractivity contribution in [3.63, 3.8) is 0 Å². The molecule has 0 aliphatic heterocycles. The molecule has 0 aliphatic rings. The van der Waals surface area contributed by atoms with Gasteiger partial charge in [-0.15, -0.1) is 11.8 Å². The molecular weight excluding hydrogens is 258 g/mol. The predicted molar refractivity (Wildman–Crippen MR) is 78.5 cm³/mol. The fraction of sp³-hybridized carbons (Fsp3) is 0.286. The lowest BCUT2D eigenvalue weighted by molar-refractivity contribution is -0.115. The van der Waals surface area contributed by atoms with Crippen LogP contribution in [0, 0.1) is 13.8 Å². The lowest BCUT2D eigenvalue weighted by Crippen LogP contribution is -2.13. The molecule has 100 valence electrons. The molecular formula is C14H17N3OS. The zero-order chi connectivity index (χ0) is 13.7. The summed E-state index contributed by atoms with van der Waals surface area (Å²) in [7, 11) is 0. The van der Waals surface area contributed by atoms with Gasteiger partial charge in [-0.05, 0) is 26.0 Å². The molecule has 0 bridgehead atoms. The molecule has 0 saturated heterocycles. The first-order valence-electron chi connectivity index (χ1n) is 6.16. The first-order valence-corrected chi connectivity index (χ1v) is 7.14. The third-order valence-electron chi connectivity index (χ3n) is 2.73. The van der Waals surface area contributed by atoms with Gasteiger partial charge in [-0.1, -0.05) is 18.2 Å². The van der Waals surface area contributed by atoms with Gasteiger partial charge in [0, 0.05) is 17.1 Å². The van der Waals surface area contributed by atoms with E-state index in [1.54, 1.807) is 11.8 Å². The Bertz CT molecular complexity index is 532. The summed E-state index contributed by atoms with van der Waals surface area (Å²) in [5.74, 6) is 0.794. The Morgan fingerprint density at radius 3 is 2.68 bits per heavy atom. The van der Waals surface area contributed by atoms with Gasteiger partial charge in [0.25, 0.3) is 0 Å². The van der Waals surface area contributed by atoms with Crippen LogP contribution in [0.5, 0.6) is 0 Å². The van der Waals surface area contributed by atoms with Crippen molar-refractivity contribution < 1.29 is 4.79 Å². The zero-order valence-corrected chi connectivity index (χ0v) is 11.9. The fourth-order valence-corrected chi connectivity index (χ4v) is 2.59.